The number of anilines is 1. The van der Waals surface area contributed by atoms with Gasteiger partial charge in [-0.15, -0.1) is 0 Å². The summed E-state index contributed by atoms with van der Waals surface area (Å²) in [4.78, 5) is 6.05. The van der Waals surface area contributed by atoms with Gasteiger partial charge in [0.05, 0.1) is 6.61 Å². The highest BCUT2D eigenvalue weighted by Gasteiger charge is 2.20. The number of halogens is 1. The Hall–Kier alpha value is -1.16. The summed E-state index contributed by atoms with van der Waals surface area (Å²) in [5.74, 6) is 0.857. The van der Waals surface area contributed by atoms with Crippen molar-refractivity contribution in [1.82, 2.24) is 4.98 Å². The number of hydrogen-bond donors (Lipinski definition) is 0. The second-order valence-electron chi connectivity index (χ2n) is 4.23. The molecule has 88 valence electrons. The molecule has 1 fully saturated rings. The standard InChI is InChI=1S/C12H17FN2O/c1-16-9-10-4-3-7-15(8-10)12-6-2-5-11(13)14-12/h2,5-6,10H,3-4,7-9H2,1H3/t10-/m0/s1. The number of aromatic nitrogens is 1. The highest BCUT2D eigenvalue weighted by atomic mass is 19.1. The second-order valence-corrected chi connectivity index (χ2v) is 4.23. The quantitative estimate of drug-likeness (QED) is 0.735. The van der Waals surface area contributed by atoms with E-state index >= 15 is 0 Å². The smallest absolute Gasteiger partial charge is 0.214 e. The van der Waals surface area contributed by atoms with E-state index in [1.165, 1.54) is 12.5 Å². The Balaban J connectivity index is 2.03. The first kappa shape index (κ1) is 11.3. The lowest BCUT2D eigenvalue weighted by Gasteiger charge is -2.33. The largest absolute Gasteiger partial charge is 0.384 e. The predicted octanol–water partition coefficient (Wildman–Crippen LogP) is 2.08. The van der Waals surface area contributed by atoms with Crippen LogP contribution in [-0.2, 0) is 4.74 Å². The van der Waals surface area contributed by atoms with Crippen LogP contribution in [0.4, 0.5) is 10.2 Å². The van der Waals surface area contributed by atoms with Crippen molar-refractivity contribution < 1.29 is 9.13 Å². The van der Waals surface area contributed by atoms with Gasteiger partial charge in [-0.25, -0.2) is 4.98 Å². The zero-order valence-electron chi connectivity index (χ0n) is 9.53. The van der Waals surface area contributed by atoms with Crippen LogP contribution in [0.2, 0.25) is 0 Å². The van der Waals surface area contributed by atoms with Gasteiger partial charge in [0, 0.05) is 20.2 Å². The summed E-state index contributed by atoms with van der Waals surface area (Å²) in [5, 5.41) is 0. The maximum Gasteiger partial charge on any atom is 0.214 e. The minimum atomic E-state index is -0.411. The van der Waals surface area contributed by atoms with Crippen LogP contribution in [-0.4, -0.2) is 31.8 Å². The van der Waals surface area contributed by atoms with Crippen molar-refractivity contribution in [2.24, 2.45) is 5.92 Å². The Bertz CT molecular complexity index is 344. The zero-order valence-corrected chi connectivity index (χ0v) is 9.53. The van der Waals surface area contributed by atoms with E-state index in [1.54, 1.807) is 13.2 Å². The molecule has 1 aromatic heterocycles. The Morgan fingerprint density at radius 3 is 3.19 bits per heavy atom. The maximum atomic E-state index is 13.0. The molecule has 1 atom stereocenters. The summed E-state index contributed by atoms with van der Waals surface area (Å²) >= 11 is 0. The second kappa shape index (κ2) is 5.25. The van der Waals surface area contributed by atoms with Gasteiger partial charge in [-0.3, -0.25) is 0 Å². The van der Waals surface area contributed by atoms with E-state index in [2.05, 4.69) is 9.88 Å². The minimum absolute atomic E-state index is 0.411. The van der Waals surface area contributed by atoms with Gasteiger partial charge in [-0.2, -0.15) is 4.39 Å². The summed E-state index contributed by atoms with van der Waals surface area (Å²) in [6.07, 6.45) is 2.30. The third-order valence-corrected chi connectivity index (χ3v) is 2.95. The lowest BCUT2D eigenvalue weighted by molar-refractivity contribution is 0.143. The molecule has 0 spiro atoms. The van der Waals surface area contributed by atoms with Crippen LogP contribution < -0.4 is 4.90 Å². The molecule has 0 amide bonds. The summed E-state index contributed by atoms with van der Waals surface area (Å²) < 4.78 is 18.2. The number of piperidine rings is 1. The van der Waals surface area contributed by atoms with Crippen LogP contribution >= 0.6 is 0 Å². The van der Waals surface area contributed by atoms with E-state index in [-0.39, 0.29) is 0 Å². The average Bonchev–Trinajstić information content (AvgIpc) is 2.30. The molecule has 2 rings (SSSR count). The van der Waals surface area contributed by atoms with Gasteiger partial charge < -0.3 is 9.64 Å². The Morgan fingerprint density at radius 1 is 1.56 bits per heavy atom. The first-order valence-electron chi connectivity index (χ1n) is 5.66. The topological polar surface area (TPSA) is 25.4 Å². The van der Waals surface area contributed by atoms with E-state index in [0.717, 1.165) is 31.9 Å². The third-order valence-electron chi connectivity index (χ3n) is 2.95. The molecule has 2 heterocycles. The molecule has 0 saturated carbocycles. The highest BCUT2D eigenvalue weighted by Crippen LogP contribution is 2.21. The zero-order chi connectivity index (χ0) is 11.4. The van der Waals surface area contributed by atoms with E-state index in [0.29, 0.717) is 5.92 Å². The third kappa shape index (κ3) is 2.70. The number of hydrogen-bond acceptors (Lipinski definition) is 3. The first-order chi connectivity index (χ1) is 7.79. The molecular weight excluding hydrogens is 207 g/mol. The Morgan fingerprint density at radius 2 is 2.44 bits per heavy atom. The van der Waals surface area contributed by atoms with Crippen molar-refractivity contribution in [3.8, 4) is 0 Å². The SMILES string of the molecule is COC[C@H]1CCCN(c2cccc(F)n2)C1. The number of methoxy groups -OCH3 is 1. The molecule has 4 heteroatoms. The van der Waals surface area contributed by atoms with Crippen molar-refractivity contribution in [3.63, 3.8) is 0 Å². The van der Waals surface area contributed by atoms with Gasteiger partial charge in [0.1, 0.15) is 5.82 Å². The van der Waals surface area contributed by atoms with Crippen molar-refractivity contribution in [2.45, 2.75) is 12.8 Å². The molecular formula is C12H17FN2O. The van der Waals surface area contributed by atoms with Crippen LogP contribution in [0.5, 0.6) is 0 Å². The molecule has 1 saturated heterocycles. The Labute approximate surface area is 95.2 Å². The lowest BCUT2D eigenvalue weighted by atomic mass is 9.99. The fraction of sp³-hybridized carbons (Fsp3) is 0.583. The van der Waals surface area contributed by atoms with Crippen LogP contribution in [0.25, 0.3) is 0 Å². The Kier molecular flexibility index (Phi) is 3.72. The molecule has 3 nitrogen and oxygen atoms in total. The van der Waals surface area contributed by atoms with Gasteiger partial charge in [-0.1, -0.05) is 6.07 Å². The van der Waals surface area contributed by atoms with Gasteiger partial charge in [0.25, 0.3) is 0 Å². The average molecular weight is 224 g/mol. The molecule has 0 radical (unpaired) electrons. The molecule has 0 aromatic carbocycles. The molecule has 1 aliphatic rings. The van der Waals surface area contributed by atoms with E-state index < -0.39 is 5.95 Å². The van der Waals surface area contributed by atoms with Gasteiger partial charge in [-0.05, 0) is 30.9 Å². The van der Waals surface area contributed by atoms with Crippen LogP contribution in [0.3, 0.4) is 0 Å². The summed E-state index contributed by atoms with van der Waals surface area (Å²) in [6.45, 7) is 2.63. The van der Waals surface area contributed by atoms with Gasteiger partial charge >= 0.3 is 0 Å². The highest BCUT2D eigenvalue weighted by molar-refractivity contribution is 5.38. The van der Waals surface area contributed by atoms with Crippen LogP contribution in [0.15, 0.2) is 18.2 Å². The van der Waals surface area contributed by atoms with Crippen molar-refractivity contribution in [3.05, 3.63) is 24.1 Å². The number of ether oxygens (including phenoxy) is 1. The maximum absolute atomic E-state index is 13.0. The summed E-state index contributed by atoms with van der Waals surface area (Å²) in [6, 6.07) is 4.94. The van der Waals surface area contributed by atoms with Crippen LogP contribution in [0, 0.1) is 11.9 Å². The minimum Gasteiger partial charge on any atom is -0.384 e. The van der Waals surface area contributed by atoms with Crippen molar-refractivity contribution in [1.29, 1.82) is 0 Å². The van der Waals surface area contributed by atoms with Crippen molar-refractivity contribution >= 4 is 5.82 Å². The number of rotatable bonds is 3. The first-order valence-corrected chi connectivity index (χ1v) is 5.66. The summed E-state index contributed by atoms with van der Waals surface area (Å²) in [7, 11) is 1.72. The molecule has 16 heavy (non-hydrogen) atoms. The fourth-order valence-corrected chi connectivity index (χ4v) is 2.22. The van der Waals surface area contributed by atoms with E-state index in [9.17, 15) is 4.39 Å². The molecule has 0 N–H and O–H groups in total. The molecule has 0 bridgehead atoms. The van der Waals surface area contributed by atoms with Gasteiger partial charge in [0.2, 0.25) is 5.95 Å². The van der Waals surface area contributed by atoms with E-state index in [4.69, 9.17) is 4.74 Å². The fourth-order valence-electron chi connectivity index (χ4n) is 2.22. The molecule has 0 unspecified atom stereocenters. The summed E-state index contributed by atoms with van der Waals surface area (Å²) in [5.41, 5.74) is 0. The van der Waals surface area contributed by atoms with Crippen molar-refractivity contribution in [2.75, 3.05) is 31.7 Å². The molecule has 1 aliphatic heterocycles. The molecule has 1 aromatic rings. The predicted molar refractivity (Wildman–Crippen MR) is 61.0 cm³/mol. The number of pyridine rings is 1. The molecule has 0 aliphatic carbocycles. The normalized spacial score (nSPS) is 21.1. The van der Waals surface area contributed by atoms with Gasteiger partial charge in [0.15, 0.2) is 0 Å². The number of nitrogens with zero attached hydrogens (tertiary/aromatic N) is 2. The van der Waals surface area contributed by atoms with Crippen LogP contribution in [0.1, 0.15) is 12.8 Å². The monoisotopic (exact) mass is 224 g/mol. The lowest BCUT2D eigenvalue weighted by Crippen LogP contribution is -2.37. The van der Waals surface area contributed by atoms with E-state index in [1.807, 2.05) is 6.07 Å².